The van der Waals surface area contributed by atoms with Crippen LogP contribution in [0.4, 0.5) is 0 Å². The lowest BCUT2D eigenvalue weighted by Crippen LogP contribution is -2.31. The van der Waals surface area contributed by atoms with Gasteiger partial charge in [0.1, 0.15) is 0 Å². The van der Waals surface area contributed by atoms with Gasteiger partial charge in [-0.1, -0.05) is 26.7 Å². The Bertz CT molecular complexity index is 92.9. The van der Waals surface area contributed by atoms with Gasteiger partial charge in [-0.25, -0.2) is 0 Å². The van der Waals surface area contributed by atoms with E-state index in [-0.39, 0.29) is 0 Å². The van der Waals surface area contributed by atoms with Gasteiger partial charge in [-0.05, 0) is 24.7 Å². The van der Waals surface area contributed by atoms with Gasteiger partial charge in [0.2, 0.25) is 0 Å². The minimum atomic E-state index is 0.509. The summed E-state index contributed by atoms with van der Waals surface area (Å²) in [5, 5.41) is 0. The summed E-state index contributed by atoms with van der Waals surface area (Å²) in [6.07, 6.45) is 5.29. The van der Waals surface area contributed by atoms with E-state index in [2.05, 4.69) is 13.8 Å². The van der Waals surface area contributed by atoms with E-state index in [1.807, 2.05) is 0 Å². The van der Waals surface area contributed by atoms with E-state index >= 15 is 0 Å². The van der Waals surface area contributed by atoms with Crippen LogP contribution in [0.25, 0.3) is 0 Å². The molecule has 1 fully saturated rings. The van der Waals surface area contributed by atoms with Crippen LogP contribution in [-0.2, 0) is 0 Å². The van der Waals surface area contributed by atoms with Gasteiger partial charge in [0, 0.05) is 6.04 Å². The van der Waals surface area contributed by atoms with Gasteiger partial charge in [0.25, 0.3) is 0 Å². The normalized spacial score (nSPS) is 21.6. The van der Waals surface area contributed by atoms with Gasteiger partial charge in [-0.3, -0.25) is 0 Å². The van der Waals surface area contributed by atoms with E-state index in [1.165, 1.54) is 25.7 Å². The molecule has 0 aromatic heterocycles. The predicted octanol–water partition coefficient (Wildman–Crippen LogP) is 2.16. The zero-order chi connectivity index (χ0) is 7.56. The molecule has 0 aromatic rings. The lowest BCUT2D eigenvalue weighted by molar-refractivity contribution is 0.364. The molecule has 0 aromatic carbocycles. The molecule has 0 radical (unpaired) electrons. The summed E-state index contributed by atoms with van der Waals surface area (Å²) in [7, 11) is 0. The zero-order valence-electron chi connectivity index (χ0n) is 7.14. The van der Waals surface area contributed by atoms with E-state index in [9.17, 15) is 0 Å². The van der Waals surface area contributed by atoms with Crippen molar-refractivity contribution in [1.29, 1.82) is 0 Å². The summed E-state index contributed by atoms with van der Waals surface area (Å²) < 4.78 is 0. The van der Waals surface area contributed by atoms with Gasteiger partial charge in [0.05, 0.1) is 0 Å². The van der Waals surface area contributed by atoms with Crippen LogP contribution < -0.4 is 5.73 Å². The number of rotatable bonds is 4. The van der Waals surface area contributed by atoms with Crippen molar-refractivity contribution in [1.82, 2.24) is 0 Å². The van der Waals surface area contributed by atoms with Crippen molar-refractivity contribution in [2.75, 3.05) is 0 Å². The Morgan fingerprint density at radius 2 is 1.80 bits per heavy atom. The van der Waals surface area contributed by atoms with Crippen LogP contribution in [0.2, 0.25) is 0 Å². The van der Waals surface area contributed by atoms with E-state index in [0.717, 1.165) is 11.8 Å². The molecule has 1 aliphatic carbocycles. The van der Waals surface area contributed by atoms with Crippen LogP contribution >= 0.6 is 0 Å². The van der Waals surface area contributed by atoms with E-state index < -0.39 is 0 Å². The molecule has 1 rings (SSSR count). The Morgan fingerprint density at radius 3 is 2.10 bits per heavy atom. The first kappa shape index (κ1) is 8.06. The maximum absolute atomic E-state index is 6.04. The van der Waals surface area contributed by atoms with Crippen LogP contribution in [0.1, 0.15) is 39.5 Å². The molecule has 0 bridgehead atoms. The summed E-state index contributed by atoms with van der Waals surface area (Å²) in [4.78, 5) is 0. The van der Waals surface area contributed by atoms with E-state index in [4.69, 9.17) is 5.73 Å². The van der Waals surface area contributed by atoms with Gasteiger partial charge in [-0.15, -0.1) is 0 Å². The van der Waals surface area contributed by atoms with Crippen molar-refractivity contribution in [2.24, 2.45) is 17.6 Å². The number of hydrogen-bond donors (Lipinski definition) is 1. The second kappa shape index (κ2) is 3.38. The maximum atomic E-state index is 6.04. The molecule has 0 heterocycles. The van der Waals surface area contributed by atoms with Crippen molar-refractivity contribution >= 4 is 0 Å². The molecule has 2 N–H and O–H groups in total. The van der Waals surface area contributed by atoms with Crippen molar-refractivity contribution in [3.8, 4) is 0 Å². The lowest BCUT2D eigenvalue weighted by Gasteiger charge is -2.20. The highest BCUT2D eigenvalue weighted by molar-refractivity contribution is 4.87. The lowest BCUT2D eigenvalue weighted by atomic mass is 9.92. The third-order valence-electron chi connectivity index (χ3n) is 2.76. The molecule has 1 unspecified atom stereocenters. The Morgan fingerprint density at radius 1 is 1.30 bits per heavy atom. The second-order valence-corrected chi connectivity index (χ2v) is 3.49. The molecule has 0 aliphatic heterocycles. The molecule has 0 amide bonds. The molecule has 1 saturated carbocycles. The first-order valence-electron chi connectivity index (χ1n) is 4.55. The Balaban J connectivity index is 2.27. The molecule has 1 heteroatoms. The van der Waals surface area contributed by atoms with Gasteiger partial charge < -0.3 is 5.73 Å². The zero-order valence-corrected chi connectivity index (χ0v) is 7.14. The minimum absolute atomic E-state index is 0.509. The summed E-state index contributed by atoms with van der Waals surface area (Å²) in [5.74, 6) is 1.66. The first-order chi connectivity index (χ1) is 4.79. The Labute approximate surface area is 64.0 Å². The fourth-order valence-corrected chi connectivity index (χ4v) is 1.70. The standard InChI is InChI=1S/C9H19N/c1-3-7(4-2)9(10)8-5-6-8/h7-9H,3-6,10H2,1-2H3. The maximum Gasteiger partial charge on any atom is 0.00954 e. The monoisotopic (exact) mass is 141 g/mol. The Kier molecular flexibility index (Phi) is 2.72. The van der Waals surface area contributed by atoms with Crippen LogP contribution in [0.3, 0.4) is 0 Å². The molecular weight excluding hydrogens is 122 g/mol. The van der Waals surface area contributed by atoms with Crippen LogP contribution in [0.5, 0.6) is 0 Å². The van der Waals surface area contributed by atoms with Crippen molar-refractivity contribution in [3.63, 3.8) is 0 Å². The Hall–Kier alpha value is -0.0400. The summed E-state index contributed by atoms with van der Waals surface area (Å²) >= 11 is 0. The van der Waals surface area contributed by atoms with Crippen LogP contribution in [0.15, 0.2) is 0 Å². The summed E-state index contributed by atoms with van der Waals surface area (Å²) in [5.41, 5.74) is 6.04. The molecule has 0 spiro atoms. The molecule has 1 nitrogen and oxygen atoms in total. The van der Waals surface area contributed by atoms with Crippen molar-refractivity contribution in [3.05, 3.63) is 0 Å². The third kappa shape index (κ3) is 1.72. The third-order valence-corrected chi connectivity index (χ3v) is 2.76. The van der Waals surface area contributed by atoms with Crippen molar-refractivity contribution < 1.29 is 0 Å². The molecular formula is C9H19N. The van der Waals surface area contributed by atoms with Crippen LogP contribution in [-0.4, -0.2) is 6.04 Å². The fraction of sp³-hybridized carbons (Fsp3) is 1.00. The second-order valence-electron chi connectivity index (χ2n) is 3.49. The SMILES string of the molecule is CCC(CC)C(N)C1CC1. The average Bonchev–Trinajstić information content (AvgIpc) is 2.71. The summed E-state index contributed by atoms with van der Waals surface area (Å²) in [6, 6.07) is 0.509. The molecule has 0 saturated heterocycles. The molecule has 60 valence electrons. The predicted molar refractivity (Wildman–Crippen MR) is 44.8 cm³/mol. The highest BCUT2D eigenvalue weighted by Crippen LogP contribution is 2.36. The quantitative estimate of drug-likeness (QED) is 0.638. The number of hydrogen-bond acceptors (Lipinski definition) is 1. The topological polar surface area (TPSA) is 26.0 Å². The average molecular weight is 141 g/mol. The molecule has 1 aliphatic rings. The largest absolute Gasteiger partial charge is 0.327 e. The highest BCUT2D eigenvalue weighted by Gasteiger charge is 2.31. The van der Waals surface area contributed by atoms with Crippen molar-refractivity contribution in [2.45, 2.75) is 45.6 Å². The highest BCUT2D eigenvalue weighted by atomic mass is 14.7. The fourth-order valence-electron chi connectivity index (χ4n) is 1.70. The molecule has 10 heavy (non-hydrogen) atoms. The van der Waals surface area contributed by atoms with Gasteiger partial charge in [0.15, 0.2) is 0 Å². The van der Waals surface area contributed by atoms with E-state index in [1.54, 1.807) is 0 Å². The van der Waals surface area contributed by atoms with Gasteiger partial charge in [-0.2, -0.15) is 0 Å². The van der Waals surface area contributed by atoms with E-state index in [0.29, 0.717) is 6.04 Å². The summed E-state index contributed by atoms with van der Waals surface area (Å²) in [6.45, 7) is 4.49. The minimum Gasteiger partial charge on any atom is -0.327 e. The number of nitrogens with two attached hydrogens (primary N) is 1. The first-order valence-corrected chi connectivity index (χ1v) is 4.55. The van der Waals surface area contributed by atoms with Crippen LogP contribution in [0, 0.1) is 11.8 Å². The van der Waals surface area contributed by atoms with Gasteiger partial charge >= 0.3 is 0 Å². The smallest absolute Gasteiger partial charge is 0.00954 e. The molecule has 1 atom stereocenters.